The van der Waals surface area contributed by atoms with Crippen LogP contribution in [-0.2, 0) is 16.1 Å². The predicted octanol–water partition coefficient (Wildman–Crippen LogP) is 2.51. The Bertz CT molecular complexity index is 808. The van der Waals surface area contributed by atoms with Crippen LogP contribution < -0.4 is 15.0 Å². The van der Waals surface area contributed by atoms with E-state index in [-0.39, 0.29) is 24.3 Å². The van der Waals surface area contributed by atoms with Gasteiger partial charge in [0.15, 0.2) is 6.54 Å². The van der Waals surface area contributed by atoms with Gasteiger partial charge in [-0.3, -0.25) is 4.79 Å². The second kappa shape index (κ2) is 10.5. The summed E-state index contributed by atoms with van der Waals surface area (Å²) < 4.78 is 33.8. The number of benzene rings is 2. The van der Waals surface area contributed by atoms with E-state index >= 15 is 0 Å². The minimum absolute atomic E-state index is 0.0971. The van der Waals surface area contributed by atoms with E-state index in [2.05, 4.69) is 10.1 Å². The van der Waals surface area contributed by atoms with Crippen LogP contribution in [0.15, 0.2) is 48.5 Å². The summed E-state index contributed by atoms with van der Waals surface area (Å²) in [4.78, 5) is 25.0. The van der Waals surface area contributed by atoms with Crippen LogP contribution >= 0.6 is 0 Å². The zero-order valence-electron chi connectivity index (χ0n) is 16.6. The first-order chi connectivity index (χ1) is 13.7. The summed E-state index contributed by atoms with van der Waals surface area (Å²) in [6.45, 7) is 1.45. The highest BCUT2D eigenvalue weighted by atomic mass is 19.3. The van der Waals surface area contributed by atoms with Crippen LogP contribution in [0.5, 0.6) is 5.75 Å². The van der Waals surface area contributed by atoms with Crippen molar-refractivity contribution in [2.45, 2.75) is 33.1 Å². The number of likely N-dealkylation sites (N-methyl/N-ethyl adjacent to an activating group) is 1. The van der Waals surface area contributed by atoms with E-state index in [1.807, 2.05) is 7.05 Å². The highest BCUT2D eigenvalue weighted by molar-refractivity contribution is 5.93. The van der Waals surface area contributed by atoms with E-state index in [1.54, 1.807) is 50.2 Å². The third-order valence-corrected chi connectivity index (χ3v) is 3.86. The predicted molar refractivity (Wildman–Crippen MR) is 104 cm³/mol. The minimum Gasteiger partial charge on any atom is -0.459 e. The molecule has 0 heterocycles. The van der Waals surface area contributed by atoms with Crippen LogP contribution in [0.1, 0.15) is 29.8 Å². The lowest BCUT2D eigenvalue weighted by molar-refractivity contribution is -0.885. The van der Waals surface area contributed by atoms with Crippen LogP contribution in [0.4, 0.5) is 14.5 Å². The van der Waals surface area contributed by atoms with E-state index in [1.165, 1.54) is 12.1 Å². The lowest BCUT2D eigenvalue weighted by atomic mass is 10.2. The molecule has 8 heteroatoms. The topological polar surface area (TPSA) is 69.1 Å². The van der Waals surface area contributed by atoms with Crippen LogP contribution in [0.3, 0.4) is 0 Å². The normalized spacial score (nSPS) is 12.0. The minimum atomic E-state index is -2.85. The summed E-state index contributed by atoms with van der Waals surface area (Å²) in [5, 5.41) is 2.78. The number of nitrogens with one attached hydrogen (secondary N) is 2. The number of hydrogen-bond donors (Lipinski definition) is 2. The molecule has 0 radical (unpaired) electrons. The molecule has 0 bridgehead atoms. The first kappa shape index (κ1) is 22.3. The summed E-state index contributed by atoms with van der Waals surface area (Å²) >= 11 is 0. The lowest BCUT2D eigenvalue weighted by Crippen LogP contribution is -3.08. The number of halogens is 2. The molecule has 0 aliphatic rings. The first-order valence-electron chi connectivity index (χ1n) is 9.19. The van der Waals surface area contributed by atoms with Gasteiger partial charge in [0, 0.05) is 11.3 Å². The van der Waals surface area contributed by atoms with Crippen LogP contribution in [0.25, 0.3) is 0 Å². The molecule has 2 rings (SSSR count). The van der Waals surface area contributed by atoms with E-state index < -0.39 is 12.6 Å². The number of carbonyl (C=O) groups excluding carboxylic acids is 2. The van der Waals surface area contributed by atoms with E-state index in [0.717, 1.165) is 10.5 Å². The zero-order valence-corrected chi connectivity index (χ0v) is 16.6. The van der Waals surface area contributed by atoms with Crippen molar-refractivity contribution in [3.05, 3.63) is 59.7 Å². The number of hydrogen-bond acceptors (Lipinski definition) is 4. The monoisotopic (exact) mass is 407 g/mol. The molecule has 2 aromatic rings. The fourth-order valence-corrected chi connectivity index (χ4v) is 2.65. The Labute approximate surface area is 168 Å². The number of ether oxygens (including phenoxy) is 2. The van der Waals surface area contributed by atoms with Gasteiger partial charge < -0.3 is 19.7 Å². The van der Waals surface area contributed by atoms with Crippen LogP contribution in [0, 0.1) is 0 Å². The van der Waals surface area contributed by atoms with Gasteiger partial charge in [0.2, 0.25) is 0 Å². The summed E-state index contributed by atoms with van der Waals surface area (Å²) in [5.74, 6) is -0.496. The number of esters is 1. The fourth-order valence-electron chi connectivity index (χ4n) is 2.65. The van der Waals surface area contributed by atoms with E-state index in [4.69, 9.17) is 4.74 Å². The smallest absolute Gasteiger partial charge is 0.387 e. The number of anilines is 1. The van der Waals surface area contributed by atoms with Gasteiger partial charge in [-0.1, -0.05) is 0 Å². The maximum absolute atomic E-state index is 12.2. The van der Waals surface area contributed by atoms with Crippen LogP contribution in [-0.4, -0.2) is 38.2 Å². The Hall–Kier alpha value is -3.00. The number of carbonyl (C=O) groups is 2. The average molecular weight is 407 g/mol. The molecule has 1 atom stereocenters. The Morgan fingerprint density at radius 2 is 1.66 bits per heavy atom. The van der Waals surface area contributed by atoms with Gasteiger partial charge in [0.1, 0.15) is 12.3 Å². The van der Waals surface area contributed by atoms with Crippen molar-refractivity contribution in [3.8, 4) is 5.75 Å². The molecule has 156 valence electrons. The summed E-state index contributed by atoms with van der Waals surface area (Å²) in [6, 6.07) is 12.8. The van der Waals surface area contributed by atoms with Crippen molar-refractivity contribution in [1.29, 1.82) is 0 Å². The first-order valence-corrected chi connectivity index (χ1v) is 9.19. The quantitative estimate of drug-likeness (QED) is 0.627. The molecule has 0 aliphatic heterocycles. The SMILES string of the molecule is CC(C)OC(=O)c1ccc(NC(=O)C[NH+](C)Cc2ccc(OC(F)F)cc2)cc1. The summed E-state index contributed by atoms with van der Waals surface area (Å²) in [6.07, 6.45) is -0.201. The van der Waals surface area contributed by atoms with Crippen molar-refractivity contribution in [3.63, 3.8) is 0 Å². The second-order valence-electron chi connectivity index (χ2n) is 6.91. The molecule has 0 spiro atoms. The van der Waals surface area contributed by atoms with Gasteiger partial charge in [0.05, 0.1) is 18.7 Å². The maximum Gasteiger partial charge on any atom is 0.387 e. The van der Waals surface area contributed by atoms with E-state index in [9.17, 15) is 18.4 Å². The molecule has 2 N–H and O–H groups in total. The van der Waals surface area contributed by atoms with Crippen molar-refractivity contribution < 1.29 is 32.7 Å². The number of amides is 1. The molecule has 1 amide bonds. The number of rotatable bonds is 9. The van der Waals surface area contributed by atoms with Crippen molar-refractivity contribution in [1.82, 2.24) is 0 Å². The van der Waals surface area contributed by atoms with Crippen molar-refractivity contribution in [2.24, 2.45) is 0 Å². The van der Waals surface area contributed by atoms with E-state index in [0.29, 0.717) is 17.8 Å². The number of alkyl halides is 2. The molecule has 0 saturated carbocycles. The Morgan fingerprint density at radius 1 is 1.03 bits per heavy atom. The molecule has 1 unspecified atom stereocenters. The standard InChI is InChI=1S/C21H24F2N2O4/c1-14(2)28-20(27)16-6-8-17(9-7-16)24-19(26)13-25(3)12-15-4-10-18(11-5-15)29-21(22)23/h4-11,14,21H,12-13H2,1-3H3,(H,24,26)/p+1. The molecule has 0 aliphatic carbocycles. The Morgan fingerprint density at radius 3 is 2.21 bits per heavy atom. The van der Waals surface area contributed by atoms with Crippen molar-refractivity contribution in [2.75, 3.05) is 18.9 Å². The molecular weight excluding hydrogens is 382 g/mol. The molecule has 0 aromatic heterocycles. The molecular formula is C21H25F2N2O4+. The van der Waals surface area contributed by atoms with Gasteiger partial charge in [0.25, 0.3) is 5.91 Å². The van der Waals surface area contributed by atoms with Gasteiger partial charge in [-0.15, -0.1) is 0 Å². The third kappa shape index (κ3) is 7.87. The highest BCUT2D eigenvalue weighted by Crippen LogP contribution is 2.14. The second-order valence-corrected chi connectivity index (χ2v) is 6.91. The summed E-state index contributed by atoms with van der Waals surface area (Å²) in [7, 11) is 1.86. The zero-order chi connectivity index (χ0) is 21.4. The molecule has 6 nitrogen and oxygen atoms in total. The largest absolute Gasteiger partial charge is 0.459 e. The van der Waals surface area contributed by atoms with Gasteiger partial charge in [-0.05, 0) is 62.4 Å². The molecule has 0 saturated heterocycles. The molecule has 29 heavy (non-hydrogen) atoms. The Balaban J connectivity index is 1.83. The third-order valence-electron chi connectivity index (χ3n) is 3.86. The lowest BCUT2D eigenvalue weighted by Gasteiger charge is -2.14. The maximum atomic E-state index is 12.2. The molecule has 2 aromatic carbocycles. The number of quaternary nitrogens is 1. The molecule has 0 fully saturated rings. The van der Waals surface area contributed by atoms with Crippen molar-refractivity contribution >= 4 is 17.6 Å². The fraction of sp³-hybridized carbons (Fsp3) is 0.333. The average Bonchev–Trinajstić information content (AvgIpc) is 2.62. The van der Waals surface area contributed by atoms with Crippen LogP contribution in [0.2, 0.25) is 0 Å². The summed E-state index contributed by atoms with van der Waals surface area (Å²) in [5.41, 5.74) is 1.89. The highest BCUT2D eigenvalue weighted by Gasteiger charge is 2.13. The Kier molecular flexibility index (Phi) is 8.09. The van der Waals surface area contributed by atoms with Gasteiger partial charge in [-0.2, -0.15) is 8.78 Å². The van der Waals surface area contributed by atoms with Gasteiger partial charge in [-0.25, -0.2) is 4.79 Å². The van der Waals surface area contributed by atoms with Gasteiger partial charge >= 0.3 is 12.6 Å².